The Bertz CT molecular complexity index is 581. The average Bonchev–Trinajstić information content (AvgIpc) is 3.01. The summed E-state index contributed by atoms with van der Waals surface area (Å²) in [5, 5.41) is 3.53. The highest BCUT2D eigenvalue weighted by molar-refractivity contribution is 5.42. The third kappa shape index (κ3) is 3.96. The molecule has 4 unspecified atom stereocenters. The van der Waals surface area contributed by atoms with Gasteiger partial charge in [0.15, 0.2) is 0 Å². The number of nitrogens with zero attached hydrogens (tertiary/aromatic N) is 4. The van der Waals surface area contributed by atoms with E-state index in [4.69, 9.17) is 9.72 Å². The van der Waals surface area contributed by atoms with Crippen LogP contribution in [0.5, 0.6) is 0 Å². The maximum absolute atomic E-state index is 5.57. The average molecular weight is 360 g/mol. The van der Waals surface area contributed by atoms with Gasteiger partial charge in [-0.05, 0) is 58.4 Å². The van der Waals surface area contributed by atoms with Gasteiger partial charge in [0.1, 0.15) is 5.82 Å². The maximum Gasteiger partial charge on any atom is 0.227 e. The fourth-order valence-electron chi connectivity index (χ4n) is 4.96. The molecule has 0 radical (unpaired) electrons. The molecule has 0 spiro atoms. The van der Waals surface area contributed by atoms with Crippen LogP contribution in [0.25, 0.3) is 0 Å². The molecule has 0 bridgehead atoms. The van der Waals surface area contributed by atoms with Crippen LogP contribution in [0.4, 0.5) is 11.8 Å². The van der Waals surface area contributed by atoms with Gasteiger partial charge in [-0.2, -0.15) is 4.98 Å². The molecule has 4 heterocycles. The van der Waals surface area contributed by atoms with E-state index in [1.165, 1.54) is 25.7 Å². The number of likely N-dealkylation sites (tertiary alicyclic amines) is 1. The molecule has 6 heteroatoms. The predicted molar refractivity (Wildman–Crippen MR) is 105 cm³/mol. The number of hydrogen-bond acceptors (Lipinski definition) is 6. The van der Waals surface area contributed by atoms with E-state index in [0.29, 0.717) is 24.2 Å². The summed E-state index contributed by atoms with van der Waals surface area (Å²) >= 11 is 0. The van der Waals surface area contributed by atoms with Crippen molar-refractivity contribution in [1.82, 2.24) is 14.9 Å². The molecule has 0 amide bonds. The van der Waals surface area contributed by atoms with Crippen molar-refractivity contribution in [3.05, 3.63) is 12.3 Å². The Morgan fingerprint density at radius 2 is 1.96 bits per heavy atom. The van der Waals surface area contributed by atoms with Crippen LogP contribution < -0.4 is 10.2 Å². The fraction of sp³-hybridized carbons (Fsp3) is 0.800. The highest BCUT2D eigenvalue weighted by Crippen LogP contribution is 2.30. The van der Waals surface area contributed by atoms with Gasteiger partial charge in [0.25, 0.3) is 0 Å². The summed E-state index contributed by atoms with van der Waals surface area (Å²) in [4.78, 5) is 14.5. The summed E-state index contributed by atoms with van der Waals surface area (Å²) in [6.45, 7) is 8.53. The molecule has 6 nitrogen and oxygen atoms in total. The molecule has 1 N–H and O–H groups in total. The van der Waals surface area contributed by atoms with Crippen molar-refractivity contribution in [3.8, 4) is 0 Å². The summed E-state index contributed by atoms with van der Waals surface area (Å²) < 4.78 is 5.57. The minimum absolute atomic E-state index is 0.368. The molecule has 4 atom stereocenters. The standard InChI is InChI=1S/C20H33N5O/c1-15-7-8-16(2)25(15)18-6-3-11-24(13-18)20-21-10-9-19(23-20)22-17-5-4-12-26-14-17/h9-10,15-18H,3-8,11-14H2,1-2H3,(H,21,22,23). The van der Waals surface area contributed by atoms with E-state index < -0.39 is 0 Å². The Balaban J connectivity index is 1.42. The molecule has 1 aromatic rings. The molecule has 26 heavy (non-hydrogen) atoms. The molecule has 3 aliphatic heterocycles. The number of ether oxygens (including phenoxy) is 1. The van der Waals surface area contributed by atoms with Crippen LogP contribution >= 0.6 is 0 Å². The van der Waals surface area contributed by atoms with E-state index in [1.54, 1.807) is 0 Å². The summed E-state index contributed by atoms with van der Waals surface area (Å²) in [5.41, 5.74) is 0. The lowest BCUT2D eigenvalue weighted by atomic mass is 10.0. The molecule has 0 aromatic carbocycles. The van der Waals surface area contributed by atoms with Gasteiger partial charge in [-0.3, -0.25) is 4.90 Å². The summed E-state index contributed by atoms with van der Waals surface area (Å²) in [6.07, 6.45) is 9.33. The van der Waals surface area contributed by atoms with E-state index >= 15 is 0 Å². The monoisotopic (exact) mass is 359 g/mol. The second-order valence-electron chi connectivity index (χ2n) is 8.26. The first kappa shape index (κ1) is 18.0. The van der Waals surface area contributed by atoms with Crippen LogP contribution in [0, 0.1) is 0 Å². The number of nitrogens with one attached hydrogen (secondary N) is 1. The highest BCUT2D eigenvalue weighted by Gasteiger charge is 2.35. The Kier molecular flexibility index (Phi) is 5.60. The number of anilines is 2. The molecule has 3 fully saturated rings. The summed E-state index contributed by atoms with van der Waals surface area (Å²) in [6, 6.07) is 4.38. The van der Waals surface area contributed by atoms with Crippen molar-refractivity contribution in [2.45, 2.75) is 76.5 Å². The Labute approximate surface area is 157 Å². The van der Waals surface area contributed by atoms with E-state index in [-0.39, 0.29) is 0 Å². The van der Waals surface area contributed by atoms with Crippen LogP contribution in [0.15, 0.2) is 12.3 Å². The smallest absolute Gasteiger partial charge is 0.227 e. The lowest BCUT2D eigenvalue weighted by Gasteiger charge is -2.41. The minimum Gasteiger partial charge on any atom is -0.379 e. The summed E-state index contributed by atoms with van der Waals surface area (Å²) in [5.74, 6) is 1.80. The Morgan fingerprint density at radius 3 is 2.73 bits per heavy atom. The second kappa shape index (κ2) is 8.09. The number of hydrogen-bond donors (Lipinski definition) is 1. The van der Waals surface area contributed by atoms with Gasteiger partial charge in [0, 0.05) is 44.0 Å². The predicted octanol–water partition coefficient (Wildman–Crippen LogP) is 2.91. The number of piperidine rings is 1. The zero-order valence-corrected chi connectivity index (χ0v) is 16.2. The molecular formula is C20H33N5O. The largest absolute Gasteiger partial charge is 0.379 e. The van der Waals surface area contributed by atoms with Gasteiger partial charge in [0.05, 0.1) is 12.6 Å². The van der Waals surface area contributed by atoms with Crippen molar-refractivity contribution in [1.29, 1.82) is 0 Å². The lowest BCUT2D eigenvalue weighted by Crippen LogP contribution is -2.51. The van der Waals surface area contributed by atoms with Crippen LogP contribution in [0.1, 0.15) is 52.4 Å². The Morgan fingerprint density at radius 1 is 1.12 bits per heavy atom. The maximum atomic E-state index is 5.57. The van der Waals surface area contributed by atoms with Crippen molar-refractivity contribution in [2.75, 3.05) is 36.5 Å². The molecule has 3 aliphatic rings. The second-order valence-corrected chi connectivity index (χ2v) is 8.26. The van der Waals surface area contributed by atoms with Crippen molar-refractivity contribution in [3.63, 3.8) is 0 Å². The Hall–Kier alpha value is -1.40. The van der Waals surface area contributed by atoms with E-state index in [9.17, 15) is 0 Å². The first-order valence-electron chi connectivity index (χ1n) is 10.4. The van der Waals surface area contributed by atoms with Gasteiger partial charge >= 0.3 is 0 Å². The molecular weight excluding hydrogens is 326 g/mol. The van der Waals surface area contributed by atoms with Crippen LogP contribution in [0.3, 0.4) is 0 Å². The third-order valence-electron chi connectivity index (χ3n) is 6.28. The van der Waals surface area contributed by atoms with Gasteiger partial charge < -0.3 is 15.0 Å². The van der Waals surface area contributed by atoms with E-state index in [2.05, 4.69) is 33.9 Å². The zero-order chi connectivity index (χ0) is 17.9. The first-order chi connectivity index (χ1) is 12.7. The van der Waals surface area contributed by atoms with Crippen LogP contribution in [-0.4, -0.2) is 65.3 Å². The third-order valence-corrected chi connectivity index (χ3v) is 6.28. The van der Waals surface area contributed by atoms with Crippen molar-refractivity contribution >= 4 is 11.8 Å². The fourth-order valence-corrected chi connectivity index (χ4v) is 4.96. The van der Waals surface area contributed by atoms with E-state index in [0.717, 1.165) is 50.9 Å². The molecule has 4 rings (SSSR count). The first-order valence-corrected chi connectivity index (χ1v) is 10.4. The zero-order valence-electron chi connectivity index (χ0n) is 16.2. The number of aromatic nitrogens is 2. The molecule has 3 saturated heterocycles. The van der Waals surface area contributed by atoms with E-state index in [1.807, 2.05) is 12.3 Å². The van der Waals surface area contributed by atoms with Crippen LogP contribution in [0.2, 0.25) is 0 Å². The van der Waals surface area contributed by atoms with Gasteiger partial charge in [-0.25, -0.2) is 4.98 Å². The topological polar surface area (TPSA) is 53.5 Å². The molecule has 0 aliphatic carbocycles. The SMILES string of the molecule is CC1CCC(C)N1C1CCCN(c2nccc(NC3CCCOC3)n2)C1. The number of rotatable bonds is 4. The molecule has 144 valence electrons. The van der Waals surface area contributed by atoms with Gasteiger partial charge in [0.2, 0.25) is 5.95 Å². The van der Waals surface area contributed by atoms with Crippen molar-refractivity contribution in [2.24, 2.45) is 0 Å². The quantitative estimate of drug-likeness (QED) is 0.892. The molecule has 0 saturated carbocycles. The summed E-state index contributed by atoms with van der Waals surface area (Å²) in [7, 11) is 0. The lowest BCUT2D eigenvalue weighted by molar-refractivity contribution is 0.0875. The van der Waals surface area contributed by atoms with Crippen molar-refractivity contribution < 1.29 is 4.74 Å². The normalized spacial score (nSPS) is 33.4. The minimum atomic E-state index is 0.368. The molecule has 1 aromatic heterocycles. The highest BCUT2D eigenvalue weighted by atomic mass is 16.5. The van der Waals surface area contributed by atoms with Gasteiger partial charge in [-0.1, -0.05) is 0 Å². The van der Waals surface area contributed by atoms with Crippen LogP contribution in [-0.2, 0) is 4.74 Å². The van der Waals surface area contributed by atoms with Gasteiger partial charge in [-0.15, -0.1) is 0 Å².